The van der Waals surface area contributed by atoms with Gasteiger partial charge in [-0.2, -0.15) is 0 Å². The number of phenolic OH excluding ortho intramolecular Hbond substituents is 1. The van der Waals surface area contributed by atoms with Gasteiger partial charge in [0.1, 0.15) is 22.3 Å². The summed E-state index contributed by atoms with van der Waals surface area (Å²) in [5.74, 6) is 1.26. The maximum absolute atomic E-state index is 9.12. The summed E-state index contributed by atoms with van der Waals surface area (Å²) in [6.45, 7) is 0. The molecule has 0 aliphatic carbocycles. The van der Waals surface area contributed by atoms with Crippen molar-refractivity contribution in [2.24, 2.45) is 0 Å². The summed E-state index contributed by atoms with van der Waals surface area (Å²) in [7, 11) is 0. The normalized spacial score (nSPS) is 10.1. The minimum Gasteiger partial charge on any atom is -0.508 e. The highest BCUT2D eigenvalue weighted by atomic mass is 35.5. The molecule has 1 N–H and O–H groups in total. The summed E-state index contributed by atoms with van der Waals surface area (Å²) >= 11 is 11.8. The van der Waals surface area contributed by atoms with Gasteiger partial charge in [-0.3, -0.25) is 0 Å². The van der Waals surface area contributed by atoms with Crippen molar-refractivity contribution in [3.63, 3.8) is 0 Å². The van der Waals surface area contributed by atoms with Crippen molar-refractivity contribution in [3.05, 3.63) is 52.5 Å². The SMILES string of the molecule is Oc1ccc(Oc2cccc(Cl)c2Cl)cc1. The summed E-state index contributed by atoms with van der Waals surface area (Å²) in [5, 5.41) is 9.93. The van der Waals surface area contributed by atoms with Crippen LogP contribution in [-0.4, -0.2) is 5.11 Å². The van der Waals surface area contributed by atoms with Crippen LogP contribution in [0.5, 0.6) is 17.2 Å². The standard InChI is InChI=1S/C12H8Cl2O2/c13-10-2-1-3-11(12(10)14)16-9-6-4-8(15)5-7-9/h1-7,15H. The van der Waals surface area contributed by atoms with E-state index in [1.807, 2.05) is 0 Å². The Morgan fingerprint density at radius 3 is 2.31 bits per heavy atom. The Kier molecular flexibility index (Phi) is 3.22. The molecule has 16 heavy (non-hydrogen) atoms. The lowest BCUT2D eigenvalue weighted by Gasteiger charge is -2.08. The van der Waals surface area contributed by atoms with Gasteiger partial charge in [0.15, 0.2) is 0 Å². The Morgan fingerprint density at radius 2 is 1.62 bits per heavy atom. The second kappa shape index (κ2) is 4.64. The molecule has 0 atom stereocenters. The van der Waals surface area contributed by atoms with Gasteiger partial charge in [0.05, 0.1) is 5.02 Å². The van der Waals surface area contributed by atoms with Gasteiger partial charge in [0, 0.05) is 0 Å². The largest absolute Gasteiger partial charge is 0.508 e. The second-order valence-electron chi connectivity index (χ2n) is 3.15. The number of aromatic hydroxyl groups is 1. The molecule has 2 nitrogen and oxygen atoms in total. The molecule has 0 heterocycles. The molecule has 0 aliphatic heterocycles. The number of hydrogen-bond donors (Lipinski definition) is 1. The third-order valence-electron chi connectivity index (χ3n) is 1.98. The minimum atomic E-state index is 0.185. The van der Waals surface area contributed by atoms with Crippen LogP contribution >= 0.6 is 23.2 Å². The third-order valence-corrected chi connectivity index (χ3v) is 2.78. The van der Waals surface area contributed by atoms with E-state index >= 15 is 0 Å². The Hall–Kier alpha value is -1.38. The van der Waals surface area contributed by atoms with Gasteiger partial charge in [-0.15, -0.1) is 0 Å². The number of ether oxygens (including phenoxy) is 1. The Bertz CT molecular complexity index is 495. The van der Waals surface area contributed by atoms with E-state index < -0.39 is 0 Å². The predicted molar refractivity (Wildman–Crippen MR) is 64.6 cm³/mol. The van der Waals surface area contributed by atoms with Crippen LogP contribution in [0.2, 0.25) is 10.0 Å². The van der Waals surface area contributed by atoms with Crippen molar-refractivity contribution >= 4 is 23.2 Å². The molecule has 0 radical (unpaired) electrons. The number of halogens is 2. The minimum absolute atomic E-state index is 0.185. The van der Waals surface area contributed by atoms with Crippen molar-refractivity contribution in [2.45, 2.75) is 0 Å². The Morgan fingerprint density at radius 1 is 0.938 bits per heavy atom. The van der Waals surface area contributed by atoms with E-state index in [1.54, 1.807) is 30.3 Å². The van der Waals surface area contributed by atoms with Crippen LogP contribution in [0.1, 0.15) is 0 Å². The first-order valence-corrected chi connectivity index (χ1v) is 5.33. The molecule has 2 rings (SSSR count). The van der Waals surface area contributed by atoms with Crippen LogP contribution in [0.3, 0.4) is 0 Å². The molecule has 2 aromatic rings. The highest BCUT2D eigenvalue weighted by Gasteiger charge is 2.06. The fourth-order valence-corrected chi connectivity index (χ4v) is 1.53. The van der Waals surface area contributed by atoms with E-state index in [9.17, 15) is 0 Å². The highest BCUT2D eigenvalue weighted by molar-refractivity contribution is 6.42. The molecule has 0 amide bonds. The average molecular weight is 255 g/mol. The molecular formula is C12H8Cl2O2. The van der Waals surface area contributed by atoms with Crippen LogP contribution in [0.4, 0.5) is 0 Å². The lowest BCUT2D eigenvalue weighted by atomic mass is 10.3. The van der Waals surface area contributed by atoms with Crippen molar-refractivity contribution < 1.29 is 9.84 Å². The predicted octanol–water partition coefficient (Wildman–Crippen LogP) is 4.49. The van der Waals surface area contributed by atoms with Gasteiger partial charge in [0.25, 0.3) is 0 Å². The number of benzene rings is 2. The molecule has 0 unspecified atom stereocenters. The summed E-state index contributed by atoms with van der Waals surface area (Å²) < 4.78 is 5.52. The van der Waals surface area contributed by atoms with Gasteiger partial charge in [0.2, 0.25) is 0 Å². The van der Waals surface area contributed by atoms with Gasteiger partial charge in [-0.1, -0.05) is 29.3 Å². The van der Waals surface area contributed by atoms with Crippen molar-refractivity contribution in [1.82, 2.24) is 0 Å². The maximum Gasteiger partial charge on any atom is 0.147 e. The first-order chi connectivity index (χ1) is 7.66. The van der Waals surface area contributed by atoms with Gasteiger partial charge in [-0.05, 0) is 36.4 Å². The molecule has 2 aromatic carbocycles. The molecule has 0 spiro atoms. The van der Waals surface area contributed by atoms with Crippen molar-refractivity contribution in [3.8, 4) is 17.2 Å². The first kappa shape index (κ1) is 11.1. The van der Waals surface area contributed by atoms with Crippen LogP contribution < -0.4 is 4.74 Å². The smallest absolute Gasteiger partial charge is 0.147 e. The Labute approximate surface area is 103 Å². The second-order valence-corrected chi connectivity index (χ2v) is 3.93. The highest BCUT2D eigenvalue weighted by Crippen LogP contribution is 2.34. The lowest BCUT2D eigenvalue weighted by molar-refractivity contribution is 0.464. The molecule has 0 aromatic heterocycles. The zero-order valence-electron chi connectivity index (χ0n) is 8.15. The molecule has 0 saturated heterocycles. The fraction of sp³-hybridized carbons (Fsp3) is 0. The van der Waals surface area contributed by atoms with E-state index in [4.69, 9.17) is 33.0 Å². The lowest BCUT2D eigenvalue weighted by Crippen LogP contribution is -1.85. The molecule has 0 saturated carbocycles. The van der Waals surface area contributed by atoms with E-state index in [0.717, 1.165) is 0 Å². The summed E-state index contributed by atoms with van der Waals surface area (Å²) in [6, 6.07) is 11.5. The number of rotatable bonds is 2. The maximum atomic E-state index is 9.12. The van der Waals surface area contributed by atoms with E-state index in [2.05, 4.69) is 0 Å². The summed E-state index contributed by atoms with van der Waals surface area (Å²) in [5.41, 5.74) is 0. The average Bonchev–Trinajstić information content (AvgIpc) is 2.28. The molecule has 0 bridgehead atoms. The van der Waals surface area contributed by atoms with E-state index in [-0.39, 0.29) is 5.75 Å². The van der Waals surface area contributed by atoms with Gasteiger partial charge >= 0.3 is 0 Å². The summed E-state index contributed by atoms with van der Waals surface area (Å²) in [6.07, 6.45) is 0. The van der Waals surface area contributed by atoms with E-state index in [0.29, 0.717) is 21.5 Å². The van der Waals surface area contributed by atoms with Crippen LogP contribution in [0.25, 0.3) is 0 Å². The zero-order chi connectivity index (χ0) is 11.5. The van der Waals surface area contributed by atoms with Crippen molar-refractivity contribution in [2.75, 3.05) is 0 Å². The van der Waals surface area contributed by atoms with Crippen LogP contribution in [0, 0.1) is 0 Å². The summed E-state index contributed by atoms with van der Waals surface area (Å²) in [4.78, 5) is 0. The quantitative estimate of drug-likeness (QED) is 0.856. The number of phenols is 1. The topological polar surface area (TPSA) is 29.5 Å². The van der Waals surface area contributed by atoms with Gasteiger partial charge in [-0.25, -0.2) is 0 Å². The van der Waals surface area contributed by atoms with E-state index in [1.165, 1.54) is 12.1 Å². The molecule has 0 aliphatic rings. The monoisotopic (exact) mass is 254 g/mol. The molecule has 4 heteroatoms. The number of hydrogen-bond acceptors (Lipinski definition) is 2. The zero-order valence-corrected chi connectivity index (χ0v) is 9.66. The van der Waals surface area contributed by atoms with Crippen LogP contribution in [-0.2, 0) is 0 Å². The molecular weight excluding hydrogens is 247 g/mol. The van der Waals surface area contributed by atoms with Crippen molar-refractivity contribution in [1.29, 1.82) is 0 Å². The Balaban J connectivity index is 2.27. The first-order valence-electron chi connectivity index (χ1n) is 4.58. The van der Waals surface area contributed by atoms with Crippen LogP contribution in [0.15, 0.2) is 42.5 Å². The molecule has 82 valence electrons. The third kappa shape index (κ3) is 2.40. The van der Waals surface area contributed by atoms with Gasteiger partial charge < -0.3 is 9.84 Å². The fourth-order valence-electron chi connectivity index (χ4n) is 1.20. The molecule has 0 fully saturated rings.